The highest BCUT2D eigenvalue weighted by Gasteiger charge is 2.25. The molecule has 0 saturated carbocycles. The van der Waals surface area contributed by atoms with E-state index in [2.05, 4.69) is 4.98 Å². The fourth-order valence-corrected chi connectivity index (χ4v) is 2.28. The first-order valence-electron chi connectivity index (χ1n) is 6.36. The molecule has 0 amide bonds. The monoisotopic (exact) mass is 269 g/mol. The highest BCUT2D eigenvalue weighted by molar-refractivity contribution is 4.96. The van der Waals surface area contributed by atoms with Crippen LogP contribution in [0.5, 0.6) is 0 Å². The van der Waals surface area contributed by atoms with Crippen LogP contribution < -0.4 is 11.2 Å². The van der Waals surface area contributed by atoms with E-state index in [4.69, 9.17) is 0 Å². The van der Waals surface area contributed by atoms with Gasteiger partial charge in [0.15, 0.2) is 0 Å². The number of hydrogen-bond acceptors (Lipinski definition) is 5. The number of likely N-dealkylation sites (tertiary alicyclic amines) is 1. The number of aryl methyl sites for hydroxylation is 1. The Morgan fingerprint density at radius 1 is 1.32 bits per heavy atom. The quantitative estimate of drug-likeness (QED) is 0.606. The molecule has 1 fully saturated rings. The van der Waals surface area contributed by atoms with Crippen molar-refractivity contribution in [1.82, 2.24) is 14.5 Å². The van der Waals surface area contributed by atoms with E-state index in [1.54, 1.807) is 6.92 Å². The Kier molecular flexibility index (Phi) is 4.18. The molecule has 0 bridgehead atoms. The van der Waals surface area contributed by atoms with E-state index in [1.807, 2.05) is 4.90 Å². The van der Waals surface area contributed by atoms with Crippen LogP contribution in [0.3, 0.4) is 0 Å². The van der Waals surface area contributed by atoms with Crippen molar-refractivity contribution < 1.29 is 10.2 Å². The molecule has 1 aromatic rings. The second kappa shape index (κ2) is 5.68. The van der Waals surface area contributed by atoms with Crippen LogP contribution in [-0.4, -0.2) is 56.5 Å². The average Bonchev–Trinajstić information content (AvgIpc) is 2.32. The number of nitrogens with zero attached hydrogens (tertiary/aromatic N) is 2. The van der Waals surface area contributed by atoms with Crippen molar-refractivity contribution >= 4 is 0 Å². The van der Waals surface area contributed by atoms with Gasteiger partial charge >= 0.3 is 5.69 Å². The number of aliphatic hydroxyl groups excluding tert-OH is 2. The third-order valence-corrected chi connectivity index (χ3v) is 3.43. The third kappa shape index (κ3) is 3.31. The number of aromatic amines is 1. The van der Waals surface area contributed by atoms with Crippen molar-refractivity contribution in [1.29, 1.82) is 0 Å². The molecule has 2 heterocycles. The van der Waals surface area contributed by atoms with Crippen LogP contribution >= 0.6 is 0 Å². The molecular formula is C12H19N3O4. The number of aromatic nitrogens is 2. The predicted octanol–water partition coefficient (Wildman–Crippen LogP) is -1.73. The lowest BCUT2D eigenvalue weighted by Crippen LogP contribution is -2.48. The normalized spacial score (nSPS) is 24.6. The number of piperidine rings is 1. The van der Waals surface area contributed by atoms with E-state index in [0.717, 1.165) is 4.57 Å². The van der Waals surface area contributed by atoms with E-state index in [1.165, 1.54) is 6.07 Å². The van der Waals surface area contributed by atoms with E-state index in [-0.39, 0.29) is 12.1 Å². The first kappa shape index (κ1) is 14.0. The molecule has 1 aliphatic rings. The van der Waals surface area contributed by atoms with Crippen molar-refractivity contribution in [2.24, 2.45) is 0 Å². The predicted molar refractivity (Wildman–Crippen MR) is 69.1 cm³/mol. The van der Waals surface area contributed by atoms with Crippen molar-refractivity contribution in [3.63, 3.8) is 0 Å². The lowest BCUT2D eigenvalue weighted by molar-refractivity contribution is -0.0389. The number of H-pyrrole nitrogens is 1. The van der Waals surface area contributed by atoms with E-state index < -0.39 is 17.9 Å². The van der Waals surface area contributed by atoms with Gasteiger partial charge in [-0.2, -0.15) is 0 Å². The largest absolute Gasteiger partial charge is 0.390 e. The minimum Gasteiger partial charge on any atom is -0.390 e. The average molecular weight is 269 g/mol. The summed E-state index contributed by atoms with van der Waals surface area (Å²) in [5.74, 6) is 0. The third-order valence-electron chi connectivity index (χ3n) is 3.43. The standard InChI is InChI=1S/C12H19N3O4/c1-8-6-11(18)15(12(19)13-8)5-4-14-3-2-9(16)10(17)7-14/h6,9-10,16-17H,2-5,7H2,1H3,(H,13,19)/t9-,10+/m0/s1. The molecule has 7 heteroatoms. The summed E-state index contributed by atoms with van der Waals surface area (Å²) in [6, 6.07) is 1.39. The van der Waals surface area contributed by atoms with Crippen LogP contribution in [0.2, 0.25) is 0 Å². The van der Waals surface area contributed by atoms with E-state index in [9.17, 15) is 19.8 Å². The van der Waals surface area contributed by atoms with Gasteiger partial charge in [-0.15, -0.1) is 0 Å². The van der Waals surface area contributed by atoms with Crippen molar-refractivity contribution in [2.45, 2.75) is 32.1 Å². The Morgan fingerprint density at radius 3 is 2.68 bits per heavy atom. The highest BCUT2D eigenvalue weighted by Crippen LogP contribution is 2.10. The summed E-state index contributed by atoms with van der Waals surface area (Å²) in [7, 11) is 0. The molecule has 2 rings (SSSR count). The highest BCUT2D eigenvalue weighted by atomic mass is 16.3. The maximum Gasteiger partial charge on any atom is 0.328 e. The summed E-state index contributed by atoms with van der Waals surface area (Å²) >= 11 is 0. The summed E-state index contributed by atoms with van der Waals surface area (Å²) in [5, 5.41) is 19.0. The maximum atomic E-state index is 11.7. The van der Waals surface area contributed by atoms with Crippen molar-refractivity contribution in [2.75, 3.05) is 19.6 Å². The summed E-state index contributed by atoms with van der Waals surface area (Å²) in [6.07, 6.45) is -0.941. The molecule has 1 aliphatic heterocycles. The molecule has 2 atom stereocenters. The Bertz CT molecular complexity index is 519. The molecule has 0 unspecified atom stereocenters. The van der Waals surface area contributed by atoms with Gasteiger partial charge in [-0.1, -0.05) is 0 Å². The minimum atomic E-state index is -0.762. The Hall–Kier alpha value is -1.44. The van der Waals surface area contributed by atoms with Crippen LogP contribution in [0.15, 0.2) is 15.7 Å². The molecule has 0 aliphatic carbocycles. The SMILES string of the molecule is Cc1cc(=O)n(CCN2CC[C@H](O)[C@H](O)C2)c(=O)[nH]1. The van der Waals surface area contributed by atoms with E-state index >= 15 is 0 Å². The number of aliphatic hydroxyl groups is 2. The van der Waals surface area contributed by atoms with Gasteiger partial charge in [0.25, 0.3) is 5.56 Å². The van der Waals surface area contributed by atoms with Gasteiger partial charge in [-0.25, -0.2) is 4.79 Å². The van der Waals surface area contributed by atoms with Gasteiger partial charge in [0.2, 0.25) is 0 Å². The molecule has 3 N–H and O–H groups in total. The van der Waals surface area contributed by atoms with Crippen LogP contribution in [0, 0.1) is 6.92 Å². The van der Waals surface area contributed by atoms with Crippen molar-refractivity contribution in [3.05, 3.63) is 32.6 Å². The zero-order valence-electron chi connectivity index (χ0n) is 10.9. The van der Waals surface area contributed by atoms with Crippen LogP contribution in [-0.2, 0) is 6.54 Å². The number of β-amino-alcohol motifs (C(OH)–C–C–N with tert-alkyl or cyclic N) is 1. The molecule has 0 radical (unpaired) electrons. The summed E-state index contributed by atoms with van der Waals surface area (Å²) in [4.78, 5) is 27.9. The summed E-state index contributed by atoms with van der Waals surface area (Å²) < 4.78 is 1.14. The molecule has 1 saturated heterocycles. The van der Waals surface area contributed by atoms with Gasteiger partial charge < -0.3 is 15.2 Å². The van der Waals surface area contributed by atoms with Crippen LogP contribution in [0.4, 0.5) is 0 Å². The number of hydrogen-bond donors (Lipinski definition) is 3. The number of nitrogens with one attached hydrogen (secondary N) is 1. The molecule has 7 nitrogen and oxygen atoms in total. The Labute approximate surface area is 110 Å². The second-order valence-electron chi connectivity index (χ2n) is 4.97. The fourth-order valence-electron chi connectivity index (χ4n) is 2.28. The van der Waals surface area contributed by atoms with Crippen molar-refractivity contribution in [3.8, 4) is 0 Å². The Morgan fingerprint density at radius 2 is 2.05 bits per heavy atom. The van der Waals surface area contributed by atoms with Gasteiger partial charge in [0, 0.05) is 37.9 Å². The van der Waals surface area contributed by atoms with Gasteiger partial charge in [0.05, 0.1) is 12.2 Å². The Balaban J connectivity index is 2.00. The van der Waals surface area contributed by atoms with Crippen LogP contribution in [0.25, 0.3) is 0 Å². The zero-order valence-corrected chi connectivity index (χ0v) is 10.9. The lowest BCUT2D eigenvalue weighted by Gasteiger charge is -2.33. The molecule has 1 aromatic heterocycles. The smallest absolute Gasteiger partial charge is 0.328 e. The maximum absolute atomic E-state index is 11.7. The van der Waals surface area contributed by atoms with Gasteiger partial charge in [0.1, 0.15) is 0 Å². The van der Waals surface area contributed by atoms with Gasteiger partial charge in [-0.3, -0.25) is 14.3 Å². The fraction of sp³-hybridized carbons (Fsp3) is 0.667. The zero-order chi connectivity index (χ0) is 14.0. The summed E-state index contributed by atoms with van der Waals surface area (Å²) in [5.41, 5.74) is -0.191. The molecule has 19 heavy (non-hydrogen) atoms. The first-order valence-corrected chi connectivity index (χ1v) is 6.36. The molecule has 0 aromatic carbocycles. The van der Waals surface area contributed by atoms with Gasteiger partial charge in [-0.05, 0) is 13.3 Å². The minimum absolute atomic E-state index is 0.275. The lowest BCUT2D eigenvalue weighted by atomic mass is 10.1. The van der Waals surface area contributed by atoms with E-state index in [0.29, 0.717) is 31.7 Å². The summed E-state index contributed by atoms with van der Waals surface area (Å²) in [6.45, 7) is 3.44. The number of rotatable bonds is 3. The van der Waals surface area contributed by atoms with Crippen LogP contribution in [0.1, 0.15) is 12.1 Å². The molecule has 0 spiro atoms. The molecule has 106 valence electrons. The second-order valence-corrected chi connectivity index (χ2v) is 4.97. The first-order chi connectivity index (χ1) is 8.97. The topological polar surface area (TPSA) is 98.6 Å². The molecular weight excluding hydrogens is 250 g/mol.